The van der Waals surface area contributed by atoms with Crippen LogP contribution in [0.25, 0.3) is 11.3 Å². The normalized spacial score (nSPS) is 17.5. The van der Waals surface area contributed by atoms with Crippen LogP contribution in [-0.2, 0) is 4.74 Å². The van der Waals surface area contributed by atoms with E-state index < -0.39 is 6.04 Å². The topological polar surface area (TPSA) is 118 Å². The van der Waals surface area contributed by atoms with Gasteiger partial charge in [-0.1, -0.05) is 30.7 Å². The second-order valence-electron chi connectivity index (χ2n) is 10.5. The Morgan fingerprint density at radius 1 is 1.22 bits per heavy atom. The fraction of sp³-hybridized carbons (Fsp3) is 0.444. The Morgan fingerprint density at radius 2 is 1.89 bits per heavy atom. The number of amides is 1. The largest absolute Gasteiger partial charge is 0.370 e. The van der Waals surface area contributed by atoms with Crippen molar-refractivity contribution in [2.24, 2.45) is 0 Å². The van der Waals surface area contributed by atoms with Gasteiger partial charge in [-0.3, -0.25) is 9.48 Å². The second kappa shape index (κ2) is 10.5. The van der Waals surface area contributed by atoms with E-state index in [-0.39, 0.29) is 23.2 Å². The van der Waals surface area contributed by atoms with E-state index in [1.165, 1.54) is 0 Å². The molecule has 37 heavy (non-hydrogen) atoms. The van der Waals surface area contributed by atoms with Gasteiger partial charge in [-0.05, 0) is 59.1 Å². The van der Waals surface area contributed by atoms with Crippen molar-refractivity contribution in [1.82, 2.24) is 25.1 Å². The van der Waals surface area contributed by atoms with Gasteiger partial charge >= 0.3 is 0 Å². The van der Waals surface area contributed by atoms with Crippen LogP contribution in [0.1, 0.15) is 70.3 Å². The van der Waals surface area contributed by atoms with Crippen molar-refractivity contribution in [2.45, 2.75) is 77.2 Å². The first-order valence-corrected chi connectivity index (χ1v) is 12.7. The minimum absolute atomic E-state index is 0.215. The van der Waals surface area contributed by atoms with Crippen LogP contribution < -0.4 is 10.6 Å². The van der Waals surface area contributed by atoms with Crippen molar-refractivity contribution in [2.75, 3.05) is 5.32 Å². The lowest BCUT2D eigenvalue weighted by Gasteiger charge is -2.45. The fourth-order valence-corrected chi connectivity index (χ4v) is 5.03. The van der Waals surface area contributed by atoms with Gasteiger partial charge < -0.3 is 15.4 Å². The Morgan fingerprint density at radius 3 is 2.51 bits per heavy atom. The Labute approximate surface area is 222 Å². The van der Waals surface area contributed by atoms with E-state index in [2.05, 4.69) is 59.5 Å². The van der Waals surface area contributed by atoms with Gasteiger partial charge in [0.2, 0.25) is 5.95 Å². The van der Waals surface area contributed by atoms with E-state index in [0.717, 1.165) is 24.1 Å². The van der Waals surface area contributed by atoms with E-state index >= 15 is 0 Å². The molecule has 4 rings (SSSR count). The monoisotopic (exact) mass is 521 g/mol. The highest BCUT2D eigenvalue weighted by atomic mass is 35.5. The quantitative estimate of drug-likeness (QED) is 0.410. The first-order chi connectivity index (χ1) is 17.5. The van der Waals surface area contributed by atoms with Crippen LogP contribution in [0, 0.1) is 11.3 Å². The average Bonchev–Trinajstić information content (AvgIpc) is 3.30. The minimum Gasteiger partial charge on any atom is -0.370 e. The molecule has 0 spiro atoms. The molecule has 1 unspecified atom stereocenters. The van der Waals surface area contributed by atoms with Crippen LogP contribution in [0.15, 0.2) is 42.9 Å². The highest BCUT2D eigenvalue weighted by Gasteiger charge is 2.40. The van der Waals surface area contributed by atoms with Gasteiger partial charge in [0, 0.05) is 17.3 Å². The number of carbonyl (C=O) groups is 1. The highest BCUT2D eigenvalue weighted by Crippen LogP contribution is 2.41. The first-order valence-electron chi connectivity index (χ1n) is 12.3. The third kappa shape index (κ3) is 6.45. The molecule has 2 aromatic heterocycles. The number of anilines is 2. The SMILES string of the molecule is CCC(C#N)NC(=O)c1ccc(-c2nc(Nc3cnn(C4CC(C)(C)OC(C)(C)C4)c3)ncc2Cl)cc1. The molecular formula is C27H32ClN7O2. The standard InChI is InChI=1S/C27H32ClN7O2/c1-6-19(13-29)32-24(36)18-9-7-17(8-10-18)23-22(28)15-30-25(34-23)33-20-14-31-35(16-20)21-11-26(2,3)37-27(4,5)12-21/h7-10,14-16,19,21H,6,11-12H2,1-5H3,(H,32,36)(H,30,33,34). The highest BCUT2D eigenvalue weighted by molar-refractivity contribution is 6.32. The van der Waals surface area contributed by atoms with E-state index in [4.69, 9.17) is 21.6 Å². The number of nitrogens with zero attached hydrogens (tertiary/aromatic N) is 5. The van der Waals surface area contributed by atoms with Gasteiger partial charge in [0.05, 0.1) is 52.1 Å². The summed E-state index contributed by atoms with van der Waals surface area (Å²) in [5, 5.41) is 20.0. The molecule has 3 aromatic rings. The van der Waals surface area contributed by atoms with Crippen molar-refractivity contribution in [1.29, 1.82) is 5.26 Å². The molecule has 1 aromatic carbocycles. The molecule has 1 amide bonds. The number of hydrogen-bond donors (Lipinski definition) is 2. The summed E-state index contributed by atoms with van der Waals surface area (Å²) < 4.78 is 8.18. The minimum atomic E-state index is -0.522. The lowest BCUT2D eigenvalue weighted by Crippen LogP contribution is -2.45. The van der Waals surface area contributed by atoms with Crippen LogP contribution in [0.5, 0.6) is 0 Å². The Kier molecular flexibility index (Phi) is 7.53. The second-order valence-corrected chi connectivity index (χ2v) is 11.0. The molecule has 1 fully saturated rings. The Hall–Kier alpha value is -3.48. The van der Waals surface area contributed by atoms with Gasteiger partial charge in [-0.15, -0.1) is 0 Å². The van der Waals surface area contributed by atoms with E-state index in [0.29, 0.717) is 28.6 Å². The van der Waals surface area contributed by atoms with Gasteiger partial charge in [0.15, 0.2) is 0 Å². The molecule has 0 bridgehead atoms. The molecule has 1 atom stereocenters. The summed E-state index contributed by atoms with van der Waals surface area (Å²) in [7, 11) is 0. The first kappa shape index (κ1) is 26.6. The van der Waals surface area contributed by atoms with Gasteiger partial charge in [0.1, 0.15) is 6.04 Å². The van der Waals surface area contributed by atoms with Crippen LogP contribution in [0.2, 0.25) is 5.02 Å². The smallest absolute Gasteiger partial charge is 0.252 e. The molecular weight excluding hydrogens is 490 g/mol. The number of ether oxygens (including phenoxy) is 1. The number of nitriles is 1. The summed E-state index contributed by atoms with van der Waals surface area (Å²) in [6, 6.07) is 8.66. The van der Waals surface area contributed by atoms with Crippen molar-refractivity contribution < 1.29 is 9.53 Å². The van der Waals surface area contributed by atoms with Crippen LogP contribution in [0.4, 0.5) is 11.6 Å². The molecule has 1 saturated heterocycles. The molecule has 1 aliphatic rings. The van der Waals surface area contributed by atoms with E-state index in [1.807, 2.05) is 17.8 Å². The summed E-state index contributed by atoms with van der Waals surface area (Å²) in [5.41, 5.74) is 2.03. The number of rotatable bonds is 7. The predicted octanol–water partition coefficient (Wildman–Crippen LogP) is 5.68. The van der Waals surface area contributed by atoms with Gasteiger partial charge in [-0.25, -0.2) is 9.97 Å². The number of halogens is 1. The number of benzene rings is 1. The van der Waals surface area contributed by atoms with Crippen molar-refractivity contribution in [3.8, 4) is 17.3 Å². The van der Waals surface area contributed by atoms with E-state index in [9.17, 15) is 4.79 Å². The van der Waals surface area contributed by atoms with Crippen LogP contribution >= 0.6 is 11.6 Å². The molecule has 194 valence electrons. The third-order valence-electron chi connectivity index (χ3n) is 6.27. The lowest BCUT2D eigenvalue weighted by molar-refractivity contribution is -0.170. The zero-order chi connectivity index (χ0) is 26.8. The molecule has 0 saturated carbocycles. The van der Waals surface area contributed by atoms with Crippen molar-refractivity contribution in [3.63, 3.8) is 0 Å². The average molecular weight is 522 g/mol. The van der Waals surface area contributed by atoms with Gasteiger partial charge in [0.25, 0.3) is 5.91 Å². The Bertz CT molecular complexity index is 1300. The maximum atomic E-state index is 12.4. The number of carbonyl (C=O) groups excluding carboxylic acids is 1. The lowest BCUT2D eigenvalue weighted by atomic mass is 9.85. The van der Waals surface area contributed by atoms with Crippen molar-refractivity contribution in [3.05, 3.63) is 53.4 Å². The van der Waals surface area contributed by atoms with Crippen LogP contribution in [0.3, 0.4) is 0 Å². The summed E-state index contributed by atoms with van der Waals surface area (Å²) >= 11 is 6.41. The molecule has 9 nitrogen and oxygen atoms in total. The zero-order valence-corrected chi connectivity index (χ0v) is 22.5. The summed E-state index contributed by atoms with van der Waals surface area (Å²) in [6.07, 6.45) is 7.52. The molecule has 0 radical (unpaired) electrons. The number of aromatic nitrogens is 4. The van der Waals surface area contributed by atoms with Crippen LogP contribution in [-0.4, -0.2) is 42.9 Å². The maximum Gasteiger partial charge on any atom is 0.252 e. The molecule has 2 N–H and O–H groups in total. The molecule has 3 heterocycles. The summed E-state index contributed by atoms with van der Waals surface area (Å²) in [5.74, 6) is 0.0811. The molecule has 10 heteroatoms. The fourth-order valence-electron chi connectivity index (χ4n) is 4.83. The third-order valence-corrected chi connectivity index (χ3v) is 6.55. The zero-order valence-electron chi connectivity index (χ0n) is 21.7. The number of nitrogens with one attached hydrogen (secondary N) is 2. The van der Waals surface area contributed by atoms with E-state index in [1.54, 1.807) is 36.7 Å². The Balaban J connectivity index is 1.49. The summed E-state index contributed by atoms with van der Waals surface area (Å²) in [6.45, 7) is 10.3. The number of hydrogen-bond acceptors (Lipinski definition) is 7. The van der Waals surface area contributed by atoms with Gasteiger partial charge in [-0.2, -0.15) is 10.4 Å². The molecule has 1 aliphatic heterocycles. The van der Waals surface area contributed by atoms with Crippen molar-refractivity contribution >= 4 is 29.1 Å². The molecule has 0 aliphatic carbocycles. The predicted molar refractivity (Wildman–Crippen MR) is 143 cm³/mol. The summed E-state index contributed by atoms with van der Waals surface area (Å²) in [4.78, 5) is 21.3. The maximum absolute atomic E-state index is 12.4.